The van der Waals surface area contributed by atoms with E-state index in [1.165, 1.54) is 19.1 Å². The number of ether oxygens (including phenoxy) is 1. The van der Waals surface area contributed by atoms with Crippen LogP contribution in [0.2, 0.25) is 0 Å². The summed E-state index contributed by atoms with van der Waals surface area (Å²) in [6.45, 7) is 0.302. The van der Waals surface area contributed by atoms with E-state index in [4.69, 9.17) is 16.2 Å². The molecule has 0 spiro atoms. The van der Waals surface area contributed by atoms with Gasteiger partial charge < -0.3 is 21.1 Å². The van der Waals surface area contributed by atoms with Crippen molar-refractivity contribution in [3.8, 4) is 0 Å². The maximum atomic E-state index is 11.4. The molecule has 0 aliphatic carbocycles. The first kappa shape index (κ1) is 12.9. The standard InChI is InChI=1S/C8H17N3O3/c1-11(5-7(10)12)8(13)6(9)3-4-14-2/h6H,3-5,9H2,1-2H3,(H2,10,12). The molecule has 0 saturated heterocycles. The van der Waals surface area contributed by atoms with Crippen molar-refractivity contribution in [2.45, 2.75) is 12.5 Å². The van der Waals surface area contributed by atoms with E-state index in [0.717, 1.165) is 0 Å². The minimum absolute atomic E-state index is 0.112. The van der Waals surface area contributed by atoms with Crippen molar-refractivity contribution in [1.82, 2.24) is 4.90 Å². The molecule has 0 aromatic heterocycles. The number of primary amides is 1. The van der Waals surface area contributed by atoms with Crippen LogP contribution in [0.3, 0.4) is 0 Å². The predicted octanol–water partition coefficient (Wildman–Crippen LogP) is -1.71. The summed E-state index contributed by atoms with van der Waals surface area (Å²) in [5.74, 6) is -0.861. The Kier molecular flexibility index (Phi) is 5.82. The molecule has 4 N–H and O–H groups in total. The Hall–Kier alpha value is -1.14. The molecule has 6 heteroatoms. The minimum atomic E-state index is -0.640. The molecule has 0 radical (unpaired) electrons. The van der Waals surface area contributed by atoms with Crippen molar-refractivity contribution >= 4 is 11.8 Å². The lowest BCUT2D eigenvalue weighted by molar-refractivity contribution is -0.135. The van der Waals surface area contributed by atoms with E-state index in [2.05, 4.69) is 0 Å². The summed E-state index contributed by atoms with van der Waals surface area (Å²) in [7, 11) is 3.02. The molecule has 0 aliphatic heterocycles. The zero-order valence-corrected chi connectivity index (χ0v) is 8.53. The van der Waals surface area contributed by atoms with Crippen LogP contribution in [0.15, 0.2) is 0 Å². The molecule has 0 aromatic rings. The Bertz CT molecular complexity index is 208. The number of nitrogens with two attached hydrogens (primary N) is 2. The molecule has 0 bridgehead atoms. The van der Waals surface area contributed by atoms with Crippen LogP contribution >= 0.6 is 0 Å². The third-order valence-electron chi connectivity index (χ3n) is 1.72. The highest BCUT2D eigenvalue weighted by atomic mass is 16.5. The Morgan fingerprint density at radius 2 is 2.07 bits per heavy atom. The highest BCUT2D eigenvalue weighted by Gasteiger charge is 2.18. The van der Waals surface area contributed by atoms with E-state index in [-0.39, 0.29) is 12.5 Å². The van der Waals surface area contributed by atoms with Gasteiger partial charge in [-0.15, -0.1) is 0 Å². The van der Waals surface area contributed by atoms with Crippen LogP contribution in [-0.2, 0) is 14.3 Å². The second kappa shape index (κ2) is 6.33. The first-order valence-electron chi connectivity index (χ1n) is 4.26. The fourth-order valence-corrected chi connectivity index (χ4v) is 0.963. The van der Waals surface area contributed by atoms with E-state index in [1.54, 1.807) is 0 Å². The molecule has 1 atom stereocenters. The molecule has 0 aliphatic rings. The van der Waals surface area contributed by atoms with E-state index in [9.17, 15) is 9.59 Å². The van der Waals surface area contributed by atoms with E-state index >= 15 is 0 Å². The van der Waals surface area contributed by atoms with Crippen LogP contribution in [0.4, 0.5) is 0 Å². The molecule has 0 heterocycles. The van der Waals surface area contributed by atoms with E-state index < -0.39 is 11.9 Å². The third kappa shape index (κ3) is 4.78. The fourth-order valence-electron chi connectivity index (χ4n) is 0.963. The van der Waals surface area contributed by atoms with Crippen molar-refractivity contribution in [2.24, 2.45) is 11.5 Å². The van der Waals surface area contributed by atoms with Crippen molar-refractivity contribution in [3.05, 3.63) is 0 Å². The molecular weight excluding hydrogens is 186 g/mol. The number of carbonyl (C=O) groups excluding carboxylic acids is 2. The molecule has 1 unspecified atom stereocenters. The third-order valence-corrected chi connectivity index (χ3v) is 1.72. The van der Waals surface area contributed by atoms with Gasteiger partial charge in [0.15, 0.2) is 0 Å². The van der Waals surface area contributed by atoms with Gasteiger partial charge in [-0.2, -0.15) is 0 Å². The Labute approximate surface area is 83.2 Å². The average molecular weight is 203 g/mol. The first-order chi connectivity index (χ1) is 6.49. The Balaban J connectivity index is 3.97. The van der Waals surface area contributed by atoms with Gasteiger partial charge in [-0.05, 0) is 6.42 Å². The van der Waals surface area contributed by atoms with Gasteiger partial charge in [0.2, 0.25) is 11.8 Å². The van der Waals surface area contributed by atoms with E-state index in [1.807, 2.05) is 0 Å². The van der Waals surface area contributed by atoms with Gasteiger partial charge in [0, 0.05) is 20.8 Å². The first-order valence-corrected chi connectivity index (χ1v) is 4.26. The van der Waals surface area contributed by atoms with Crippen molar-refractivity contribution in [3.63, 3.8) is 0 Å². The summed E-state index contributed by atoms with van der Waals surface area (Å²) >= 11 is 0. The van der Waals surface area contributed by atoms with Gasteiger partial charge in [-0.3, -0.25) is 9.59 Å². The van der Waals surface area contributed by atoms with Crippen LogP contribution in [0, 0.1) is 0 Å². The van der Waals surface area contributed by atoms with Crippen LogP contribution in [0.5, 0.6) is 0 Å². The maximum Gasteiger partial charge on any atom is 0.239 e. The van der Waals surface area contributed by atoms with Crippen LogP contribution in [0.25, 0.3) is 0 Å². The Morgan fingerprint density at radius 3 is 2.50 bits per heavy atom. The number of rotatable bonds is 6. The molecule has 6 nitrogen and oxygen atoms in total. The monoisotopic (exact) mass is 203 g/mol. The number of hydrogen-bond donors (Lipinski definition) is 2. The van der Waals surface area contributed by atoms with Gasteiger partial charge in [0.25, 0.3) is 0 Å². The summed E-state index contributed by atoms with van der Waals surface area (Å²) in [5.41, 5.74) is 10.5. The lowest BCUT2D eigenvalue weighted by Crippen LogP contribution is -2.45. The number of amides is 2. The summed E-state index contributed by atoms with van der Waals surface area (Å²) in [5, 5.41) is 0. The molecule has 2 amide bonds. The molecule has 0 saturated carbocycles. The summed E-state index contributed by atoms with van der Waals surface area (Å²) < 4.78 is 4.78. The smallest absolute Gasteiger partial charge is 0.239 e. The molecule has 82 valence electrons. The number of hydrogen-bond acceptors (Lipinski definition) is 4. The topological polar surface area (TPSA) is 98.7 Å². The largest absolute Gasteiger partial charge is 0.385 e. The number of carbonyl (C=O) groups is 2. The van der Waals surface area contributed by atoms with E-state index in [0.29, 0.717) is 13.0 Å². The second-order valence-electron chi connectivity index (χ2n) is 3.05. The van der Waals surface area contributed by atoms with Gasteiger partial charge >= 0.3 is 0 Å². The maximum absolute atomic E-state index is 11.4. The summed E-state index contributed by atoms with van der Waals surface area (Å²) in [4.78, 5) is 23.1. The van der Waals surface area contributed by atoms with Crippen LogP contribution < -0.4 is 11.5 Å². The molecule has 0 fully saturated rings. The normalized spacial score (nSPS) is 12.2. The highest BCUT2D eigenvalue weighted by Crippen LogP contribution is 1.94. The molecule has 0 aromatic carbocycles. The lowest BCUT2D eigenvalue weighted by Gasteiger charge is -2.19. The number of nitrogens with zero attached hydrogens (tertiary/aromatic N) is 1. The van der Waals surface area contributed by atoms with Crippen molar-refractivity contribution in [1.29, 1.82) is 0 Å². The van der Waals surface area contributed by atoms with Crippen molar-refractivity contribution < 1.29 is 14.3 Å². The average Bonchev–Trinajstić information content (AvgIpc) is 2.11. The SMILES string of the molecule is COCCC(N)C(=O)N(C)CC(N)=O. The highest BCUT2D eigenvalue weighted by molar-refractivity contribution is 5.86. The Morgan fingerprint density at radius 1 is 1.50 bits per heavy atom. The minimum Gasteiger partial charge on any atom is -0.385 e. The van der Waals surface area contributed by atoms with Crippen LogP contribution in [0.1, 0.15) is 6.42 Å². The predicted molar refractivity (Wildman–Crippen MR) is 51.3 cm³/mol. The molecular formula is C8H17N3O3. The fraction of sp³-hybridized carbons (Fsp3) is 0.750. The van der Waals surface area contributed by atoms with Gasteiger partial charge in [0.05, 0.1) is 12.6 Å². The number of methoxy groups -OCH3 is 1. The zero-order chi connectivity index (χ0) is 11.1. The van der Waals surface area contributed by atoms with Gasteiger partial charge in [-0.25, -0.2) is 0 Å². The van der Waals surface area contributed by atoms with Crippen LogP contribution in [-0.4, -0.2) is 50.1 Å². The zero-order valence-electron chi connectivity index (χ0n) is 8.53. The summed E-state index contributed by atoms with van der Waals surface area (Å²) in [6.07, 6.45) is 0.429. The molecule has 14 heavy (non-hydrogen) atoms. The van der Waals surface area contributed by atoms with Gasteiger partial charge in [-0.1, -0.05) is 0 Å². The van der Waals surface area contributed by atoms with Crippen molar-refractivity contribution in [2.75, 3.05) is 27.3 Å². The molecule has 0 rings (SSSR count). The van der Waals surface area contributed by atoms with Gasteiger partial charge in [0.1, 0.15) is 0 Å². The lowest BCUT2D eigenvalue weighted by atomic mass is 10.2. The quantitative estimate of drug-likeness (QED) is 0.537. The summed E-state index contributed by atoms with van der Waals surface area (Å²) in [6, 6.07) is -0.640. The second-order valence-corrected chi connectivity index (χ2v) is 3.05. The number of likely N-dealkylation sites (N-methyl/N-ethyl adjacent to an activating group) is 1.